The number of benzene rings is 3. The normalized spacial score (nSPS) is 13.8. The Morgan fingerprint density at radius 2 is 1.90 bits per heavy atom. The lowest BCUT2D eigenvalue weighted by molar-refractivity contribution is -0.160. The van der Waals surface area contributed by atoms with Crippen LogP contribution in [0.1, 0.15) is 67.5 Å². The van der Waals surface area contributed by atoms with Gasteiger partial charge in [-0.05, 0) is 98.5 Å². The maximum absolute atomic E-state index is 12.9. The van der Waals surface area contributed by atoms with Crippen LogP contribution in [0.2, 0.25) is 0 Å². The molecule has 1 aliphatic rings. The molecule has 206 valence electrons. The molecule has 6 heteroatoms. The van der Waals surface area contributed by atoms with E-state index in [1.54, 1.807) is 0 Å². The number of aryl methyl sites for hydroxylation is 2. The van der Waals surface area contributed by atoms with Gasteiger partial charge in [0.1, 0.15) is 12.0 Å². The number of carboxylic acids is 1. The van der Waals surface area contributed by atoms with E-state index in [9.17, 15) is 14.7 Å². The molecule has 0 bridgehead atoms. The van der Waals surface area contributed by atoms with Crippen molar-refractivity contribution >= 4 is 17.9 Å². The summed E-state index contributed by atoms with van der Waals surface area (Å²) in [7, 11) is 2.01. The van der Waals surface area contributed by atoms with E-state index in [1.165, 1.54) is 0 Å². The monoisotopic (exact) mass is 529 g/mol. The summed E-state index contributed by atoms with van der Waals surface area (Å²) in [6, 6.07) is 18.4. The standard InChI is InChI=1S/C33H39NO5/c1-22-19-27(34(5)21-23-11-7-6-8-12-23)26(14-9-17-35)30(31(32(36)37)39-33(2,3)4)29(22)25-15-16-28-24(20-25)13-10-18-38-28/h6-8,11-12,15-17,19-20,31H,9-10,13-14,18,21H2,1-5H3,(H,36,37). The molecule has 0 radical (unpaired) electrons. The number of carbonyl (C=O) groups excluding carboxylic acids is 1. The Morgan fingerprint density at radius 3 is 2.56 bits per heavy atom. The maximum atomic E-state index is 12.9. The van der Waals surface area contributed by atoms with E-state index >= 15 is 0 Å². The number of fused-ring (bicyclic) bond motifs is 1. The first kappa shape index (κ1) is 28.4. The Morgan fingerprint density at radius 1 is 1.15 bits per heavy atom. The molecule has 1 aliphatic heterocycles. The van der Waals surface area contributed by atoms with Gasteiger partial charge in [0.05, 0.1) is 12.2 Å². The van der Waals surface area contributed by atoms with Gasteiger partial charge in [-0.3, -0.25) is 0 Å². The van der Waals surface area contributed by atoms with Gasteiger partial charge in [-0.15, -0.1) is 0 Å². The summed E-state index contributed by atoms with van der Waals surface area (Å²) in [6.45, 7) is 8.96. The second-order valence-electron chi connectivity index (χ2n) is 11.2. The molecule has 0 saturated carbocycles. The molecule has 0 spiro atoms. The van der Waals surface area contributed by atoms with E-state index in [0.29, 0.717) is 25.1 Å². The molecule has 0 aromatic heterocycles. The van der Waals surface area contributed by atoms with Crippen molar-refractivity contribution in [2.75, 3.05) is 18.6 Å². The zero-order valence-corrected chi connectivity index (χ0v) is 23.6. The van der Waals surface area contributed by atoms with Crippen molar-refractivity contribution in [3.05, 3.63) is 82.4 Å². The van der Waals surface area contributed by atoms with Gasteiger partial charge < -0.3 is 24.3 Å². The van der Waals surface area contributed by atoms with Crippen molar-refractivity contribution in [2.24, 2.45) is 0 Å². The molecule has 1 unspecified atom stereocenters. The van der Waals surface area contributed by atoms with Gasteiger partial charge in [0.25, 0.3) is 0 Å². The molecular formula is C33H39NO5. The summed E-state index contributed by atoms with van der Waals surface area (Å²) >= 11 is 0. The third-order valence-corrected chi connectivity index (χ3v) is 6.99. The summed E-state index contributed by atoms with van der Waals surface area (Å²) in [5.74, 6) is -0.174. The summed E-state index contributed by atoms with van der Waals surface area (Å²) in [6.07, 6.45) is 2.22. The van der Waals surface area contributed by atoms with Gasteiger partial charge in [-0.25, -0.2) is 4.79 Å². The number of aliphatic carboxylic acids is 1. The highest BCUT2D eigenvalue weighted by Crippen LogP contribution is 2.43. The molecular weight excluding hydrogens is 490 g/mol. The van der Waals surface area contributed by atoms with Crippen LogP contribution >= 0.6 is 0 Å². The van der Waals surface area contributed by atoms with Crippen LogP contribution in [-0.4, -0.2) is 36.6 Å². The Hall–Kier alpha value is -3.64. The third kappa shape index (κ3) is 6.69. The molecule has 0 amide bonds. The van der Waals surface area contributed by atoms with Crippen LogP contribution in [0.3, 0.4) is 0 Å². The van der Waals surface area contributed by atoms with Crippen LogP contribution in [0.15, 0.2) is 54.6 Å². The van der Waals surface area contributed by atoms with Gasteiger partial charge in [0, 0.05) is 31.3 Å². The van der Waals surface area contributed by atoms with Crippen molar-refractivity contribution in [2.45, 2.75) is 71.6 Å². The number of hydrogen-bond donors (Lipinski definition) is 1. The van der Waals surface area contributed by atoms with Crippen LogP contribution in [0.5, 0.6) is 5.75 Å². The van der Waals surface area contributed by atoms with Crippen molar-refractivity contribution in [3.8, 4) is 16.9 Å². The number of rotatable bonds is 10. The summed E-state index contributed by atoms with van der Waals surface area (Å²) in [5.41, 5.74) is 6.63. The predicted octanol–water partition coefficient (Wildman–Crippen LogP) is 6.70. The largest absolute Gasteiger partial charge is 0.493 e. The lowest BCUT2D eigenvalue weighted by Crippen LogP contribution is -2.29. The van der Waals surface area contributed by atoms with Crippen LogP contribution in [0.25, 0.3) is 11.1 Å². The van der Waals surface area contributed by atoms with Crippen LogP contribution in [0.4, 0.5) is 5.69 Å². The van der Waals surface area contributed by atoms with Crippen molar-refractivity contribution in [3.63, 3.8) is 0 Å². The zero-order chi connectivity index (χ0) is 28.2. The van der Waals surface area contributed by atoms with Crippen molar-refractivity contribution < 1.29 is 24.2 Å². The molecule has 0 aliphatic carbocycles. The highest BCUT2D eigenvalue weighted by Gasteiger charge is 2.34. The molecule has 1 N–H and O–H groups in total. The van der Waals surface area contributed by atoms with Gasteiger partial charge in [-0.2, -0.15) is 0 Å². The fourth-order valence-corrected chi connectivity index (χ4v) is 5.39. The molecule has 1 heterocycles. The Balaban J connectivity index is 1.98. The fourth-order valence-electron chi connectivity index (χ4n) is 5.39. The molecule has 1 atom stereocenters. The number of aldehydes is 1. The number of ether oxygens (including phenoxy) is 2. The Bertz CT molecular complexity index is 1330. The maximum Gasteiger partial charge on any atom is 0.337 e. The summed E-state index contributed by atoms with van der Waals surface area (Å²) in [4.78, 5) is 26.6. The minimum atomic E-state index is -1.21. The first-order valence-electron chi connectivity index (χ1n) is 13.6. The van der Waals surface area contributed by atoms with Gasteiger partial charge >= 0.3 is 5.97 Å². The molecule has 3 aromatic carbocycles. The minimum absolute atomic E-state index is 0.279. The number of hydrogen-bond acceptors (Lipinski definition) is 5. The van der Waals surface area contributed by atoms with Crippen LogP contribution in [-0.2, 0) is 33.7 Å². The second-order valence-corrected chi connectivity index (χ2v) is 11.2. The van der Waals surface area contributed by atoms with E-state index < -0.39 is 17.7 Å². The SMILES string of the molecule is Cc1cc(N(C)Cc2ccccc2)c(CCC=O)c(C(OC(C)(C)C)C(=O)O)c1-c1ccc2c(c1)CCCO2. The lowest BCUT2D eigenvalue weighted by atomic mass is 9.84. The average Bonchev–Trinajstić information content (AvgIpc) is 2.90. The van der Waals surface area contributed by atoms with E-state index in [1.807, 2.05) is 65.1 Å². The lowest BCUT2D eigenvalue weighted by Gasteiger charge is -2.32. The number of nitrogens with zero attached hydrogens (tertiary/aromatic N) is 1. The summed E-state index contributed by atoms with van der Waals surface area (Å²) in [5, 5.41) is 10.5. The molecule has 3 aromatic rings. The minimum Gasteiger partial charge on any atom is -0.493 e. The van der Waals surface area contributed by atoms with Crippen LogP contribution < -0.4 is 9.64 Å². The molecule has 39 heavy (non-hydrogen) atoms. The fraction of sp³-hybridized carbons (Fsp3) is 0.394. The number of carboxylic acid groups (broad SMARTS) is 1. The second kappa shape index (κ2) is 12.0. The third-order valence-electron chi connectivity index (χ3n) is 6.99. The first-order valence-corrected chi connectivity index (χ1v) is 13.6. The molecule has 4 rings (SSSR count). The average molecular weight is 530 g/mol. The Labute approximate surface area is 231 Å². The van der Waals surface area contributed by atoms with Crippen molar-refractivity contribution in [1.82, 2.24) is 0 Å². The molecule has 0 saturated heterocycles. The summed E-state index contributed by atoms with van der Waals surface area (Å²) < 4.78 is 12.1. The molecule has 0 fully saturated rings. The zero-order valence-electron chi connectivity index (χ0n) is 23.6. The predicted molar refractivity (Wildman–Crippen MR) is 155 cm³/mol. The van der Waals surface area contributed by atoms with E-state index in [2.05, 4.69) is 29.2 Å². The first-order chi connectivity index (χ1) is 18.6. The Kier molecular flexibility index (Phi) is 8.76. The van der Waals surface area contributed by atoms with Gasteiger partial charge in [-0.1, -0.05) is 36.4 Å². The topological polar surface area (TPSA) is 76.1 Å². The van der Waals surface area contributed by atoms with Crippen LogP contribution in [0, 0.1) is 6.92 Å². The van der Waals surface area contributed by atoms with Gasteiger partial charge in [0.2, 0.25) is 0 Å². The van der Waals surface area contributed by atoms with Crippen molar-refractivity contribution in [1.29, 1.82) is 0 Å². The van der Waals surface area contributed by atoms with E-state index in [0.717, 1.165) is 63.9 Å². The highest BCUT2D eigenvalue weighted by molar-refractivity contribution is 5.86. The van der Waals surface area contributed by atoms with Gasteiger partial charge in [0.15, 0.2) is 6.10 Å². The molecule has 6 nitrogen and oxygen atoms in total. The van der Waals surface area contributed by atoms with E-state index in [4.69, 9.17) is 9.47 Å². The highest BCUT2D eigenvalue weighted by atomic mass is 16.5. The van der Waals surface area contributed by atoms with E-state index in [-0.39, 0.29) is 6.42 Å². The smallest absolute Gasteiger partial charge is 0.337 e. The number of carbonyl (C=O) groups is 2. The number of anilines is 1. The quantitative estimate of drug-likeness (QED) is 0.295.